The van der Waals surface area contributed by atoms with Gasteiger partial charge in [0, 0.05) is 11.8 Å². The number of hydrogen-bond acceptors (Lipinski definition) is 6. The average molecular weight is 423 g/mol. The molecule has 1 saturated heterocycles. The smallest absolute Gasteiger partial charge is 0.357 e. The first kappa shape index (κ1) is 22.6. The molecule has 2 heterocycles. The Labute approximate surface area is 172 Å². The van der Waals surface area contributed by atoms with Crippen LogP contribution >= 0.6 is 11.3 Å². The van der Waals surface area contributed by atoms with Gasteiger partial charge >= 0.3 is 5.97 Å². The van der Waals surface area contributed by atoms with E-state index >= 15 is 0 Å². The summed E-state index contributed by atoms with van der Waals surface area (Å²) in [5.74, 6) is 5.65. The van der Waals surface area contributed by atoms with Gasteiger partial charge in [-0.15, -0.1) is 11.3 Å². The lowest BCUT2D eigenvalue weighted by atomic mass is 10.2. The van der Waals surface area contributed by atoms with Gasteiger partial charge in [0.1, 0.15) is 0 Å². The Balaban J connectivity index is 1.96. The van der Waals surface area contributed by atoms with Crippen LogP contribution in [-0.2, 0) is 14.0 Å². The molecule has 1 atom stereocenters. The monoisotopic (exact) mass is 422 g/mol. The molecular formula is C20H30N2O4SSi. The molecule has 0 aromatic carbocycles. The summed E-state index contributed by atoms with van der Waals surface area (Å²) in [4.78, 5) is 29.9. The van der Waals surface area contributed by atoms with Gasteiger partial charge < -0.3 is 14.1 Å². The molecule has 1 amide bonds. The first-order valence-electron chi connectivity index (χ1n) is 9.60. The summed E-state index contributed by atoms with van der Waals surface area (Å²) in [6.07, 6.45) is 1.34. The van der Waals surface area contributed by atoms with Crippen molar-refractivity contribution in [3.63, 3.8) is 0 Å². The Morgan fingerprint density at radius 2 is 2.14 bits per heavy atom. The molecule has 1 fully saturated rings. The minimum atomic E-state index is -1.85. The number of likely N-dealkylation sites (tertiary alicyclic amines) is 1. The van der Waals surface area contributed by atoms with Crippen LogP contribution in [0.1, 0.15) is 56.0 Å². The Bertz CT molecular complexity index is 773. The van der Waals surface area contributed by atoms with Crippen molar-refractivity contribution >= 4 is 31.5 Å². The van der Waals surface area contributed by atoms with Crippen molar-refractivity contribution in [2.45, 2.75) is 64.7 Å². The fourth-order valence-electron chi connectivity index (χ4n) is 2.54. The molecule has 0 aliphatic carbocycles. The van der Waals surface area contributed by atoms with Crippen LogP contribution in [0, 0.1) is 11.8 Å². The van der Waals surface area contributed by atoms with Gasteiger partial charge in [-0.3, -0.25) is 4.79 Å². The summed E-state index contributed by atoms with van der Waals surface area (Å²) in [6, 6.07) is 0.0716. The summed E-state index contributed by atoms with van der Waals surface area (Å²) < 4.78 is 11.2. The molecule has 28 heavy (non-hydrogen) atoms. The second-order valence-corrected chi connectivity index (χ2v) is 14.0. The second-order valence-electron chi connectivity index (χ2n) is 8.35. The third-order valence-electron chi connectivity index (χ3n) is 5.33. The predicted octanol–water partition coefficient (Wildman–Crippen LogP) is 3.68. The van der Waals surface area contributed by atoms with Crippen molar-refractivity contribution in [2.24, 2.45) is 0 Å². The Kier molecular flexibility index (Phi) is 7.43. The predicted molar refractivity (Wildman–Crippen MR) is 113 cm³/mol. The number of ether oxygens (including phenoxy) is 1. The van der Waals surface area contributed by atoms with Crippen molar-refractivity contribution in [3.05, 3.63) is 16.1 Å². The van der Waals surface area contributed by atoms with E-state index < -0.39 is 14.3 Å². The van der Waals surface area contributed by atoms with Crippen LogP contribution < -0.4 is 0 Å². The van der Waals surface area contributed by atoms with Crippen molar-refractivity contribution < 1.29 is 18.8 Å². The second kappa shape index (κ2) is 9.20. The maximum absolute atomic E-state index is 12.3. The van der Waals surface area contributed by atoms with E-state index in [1.165, 1.54) is 11.3 Å². The zero-order chi connectivity index (χ0) is 20.9. The molecule has 0 bridgehead atoms. The largest absolute Gasteiger partial charge is 0.461 e. The number of thiazole rings is 1. The third kappa shape index (κ3) is 5.66. The molecule has 0 saturated carbocycles. The lowest BCUT2D eigenvalue weighted by Crippen LogP contribution is -2.45. The zero-order valence-corrected chi connectivity index (χ0v) is 19.4. The molecule has 8 heteroatoms. The van der Waals surface area contributed by atoms with Crippen molar-refractivity contribution in [3.8, 4) is 11.8 Å². The van der Waals surface area contributed by atoms with E-state index in [0.29, 0.717) is 31.2 Å². The van der Waals surface area contributed by atoms with Gasteiger partial charge in [0.25, 0.3) is 0 Å². The van der Waals surface area contributed by atoms with E-state index in [9.17, 15) is 9.59 Å². The maximum atomic E-state index is 12.3. The highest BCUT2D eigenvalue weighted by molar-refractivity contribution is 7.10. The first-order chi connectivity index (χ1) is 13.0. The quantitative estimate of drug-likeness (QED) is 0.397. The van der Waals surface area contributed by atoms with Gasteiger partial charge in [-0.1, -0.05) is 26.7 Å². The molecule has 154 valence electrons. The molecule has 0 spiro atoms. The minimum Gasteiger partial charge on any atom is -0.461 e. The maximum Gasteiger partial charge on any atom is 0.357 e. The van der Waals surface area contributed by atoms with E-state index in [-0.39, 0.29) is 22.7 Å². The highest BCUT2D eigenvalue weighted by atomic mass is 32.1. The van der Waals surface area contributed by atoms with E-state index in [1.54, 1.807) is 17.2 Å². The van der Waals surface area contributed by atoms with Gasteiger partial charge in [-0.25, -0.2) is 9.78 Å². The molecule has 2 rings (SSSR count). The average Bonchev–Trinajstić information content (AvgIpc) is 3.20. The zero-order valence-electron chi connectivity index (χ0n) is 17.6. The highest BCUT2D eigenvalue weighted by Gasteiger charge is 2.39. The molecule has 1 aliphatic rings. The van der Waals surface area contributed by atoms with Gasteiger partial charge in [-0.05, 0) is 37.4 Å². The van der Waals surface area contributed by atoms with Gasteiger partial charge in [0.15, 0.2) is 19.0 Å². The SMILES string of the molecule is CCOC(=O)c1csc(C#CCN2C(=O)CC[C@@H]2CO[Si](C)(C)C(C)(C)C)n1. The standard InChI is InChI=1S/C20H30N2O4SSi/c1-7-25-19(24)16-14-27-17(21-16)9-8-12-22-15(10-11-18(22)23)13-26-28(5,6)20(2,3)4/h14-15H,7,10-13H2,1-6H3/t15-/m1/s1. The fraction of sp³-hybridized carbons (Fsp3) is 0.650. The number of carbonyl (C=O) groups excluding carboxylic acids is 2. The molecule has 1 aliphatic heterocycles. The number of aromatic nitrogens is 1. The topological polar surface area (TPSA) is 68.7 Å². The lowest BCUT2D eigenvalue weighted by molar-refractivity contribution is -0.128. The van der Waals surface area contributed by atoms with E-state index in [2.05, 4.69) is 50.7 Å². The minimum absolute atomic E-state index is 0.0716. The van der Waals surface area contributed by atoms with Crippen LogP contribution in [0.15, 0.2) is 5.38 Å². The number of rotatable bonds is 6. The molecular weight excluding hydrogens is 392 g/mol. The number of amides is 1. The lowest BCUT2D eigenvalue weighted by Gasteiger charge is -2.37. The van der Waals surface area contributed by atoms with Crippen molar-refractivity contribution in [1.29, 1.82) is 0 Å². The normalized spacial score (nSPS) is 17.4. The molecule has 0 N–H and O–H groups in total. The van der Waals surface area contributed by atoms with E-state index in [4.69, 9.17) is 9.16 Å². The highest BCUT2D eigenvalue weighted by Crippen LogP contribution is 2.37. The van der Waals surface area contributed by atoms with Crippen LogP contribution in [0.2, 0.25) is 18.1 Å². The number of nitrogens with zero attached hydrogens (tertiary/aromatic N) is 2. The van der Waals surface area contributed by atoms with Gasteiger partial charge in [0.2, 0.25) is 5.91 Å². The van der Waals surface area contributed by atoms with E-state index in [1.807, 2.05) is 0 Å². The first-order valence-corrected chi connectivity index (χ1v) is 13.4. The van der Waals surface area contributed by atoms with Gasteiger partial charge in [0.05, 0.1) is 25.8 Å². The Morgan fingerprint density at radius 1 is 1.43 bits per heavy atom. The Morgan fingerprint density at radius 3 is 2.79 bits per heavy atom. The molecule has 0 radical (unpaired) electrons. The van der Waals surface area contributed by atoms with Crippen LogP contribution in [0.4, 0.5) is 0 Å². The van der Waals surface area contributed by atoms with Crippen molar-refractivity contribution in [2.75, 3.05) is 19.8 Å². The third-order valence-corrected chi connectivity index (χ3v) is 10.6. The number of esters is 1. The molecule has 0 unspecified atom stereocenters. The summed E-state index contributed by atoms with van der Waals surface area (Å²) >= 11 is 1.30. The van der Waals surface area contributed by atoms with Crippen molar-refractivity contribution in [1.82, 2.24) is 9.88 Å². The summed E-state index contributed by atoms with van der Waals surface area (Å²) in [5, 5.41) is 2.32. The summed E-state index contributed by atoms with van der Waals surface area (Å²) in [5.41, 5.74) is 0.272. The van der Waals surface area contributed by atoms with E-state index in [0.717, 1.165) is 6.42 Å². The molecule has 1 aromatic heterocycles. The summed E-state index contributed by atoms with van der Waals surface area (Å²) in [6.45, 7) is 14.0. The van der Waals surface area contributed by atoms with Crippen LogP contribution in [0.3, 0.4) is 0 Å². The Hall–Kier alpha value is -1.69. The van der Waals surface area contributed by atoms with Crippen LogP contribution in [0.25, 0.3) is 0 Å². The number of hydrogen-bond donors (Lipinski definition) is 0. The summed E-state index contributed by atoms with van der Waals surface area (Å²) in [7, 11) is -1.85. The fourth-order valence-corrected chi connectivity index (χ4v) is 4.23. The van der Waals surface area contributed by atoms with Crippen LogP contribution in [0.5, 0.6) is 0 Å². The number of carbonyl (C=O) groups is 2. The molecule has 1 aromatic rings. The molecule has 6 nitrogen and oxygen atoms in total. The van der Waals surface area contributed by atoms with Gasteiger partial charge in [-0.2, -0.15) is 0 Å². The van der Waals surface area contributed by atoms with Crippen LogP contribution in [-0.4, -0.2) is 55.9 Å².